The lowest BCUT2D eigenvalue weighted by atomic mass is 10.4. The second-order valence-electron chi connectivity index (χ2n) is 1.82. The molecule has 2 nitrogen and oxygen atoms in total. The van der Waals surface area contributed by atoms with Gasteiger partial charge in [-0.1, -0.05) is 7.43 Å². The van der Waals surface area contributed by atoms with E-state index in [1.54, 1.807) is 7.11 Å². The van der Waals surface area contributed by atoms with Gasteiger partial charge in [0.05, 0.1) is 7.11 Å². The predicted octanol–water partition coefficient (Wildman–Crippen LogP) is 1.28. The lowest BCUT2D eigenvalue weighted by molar-refractivity contribution is -0.112. The van der Waals surface area contributed by atoms with E-state index in [4.69, 9.17) is 4.84 Å². The van der Waals surface area contributed by atoms with Crippen LogP contribution in [0.15, 0.2) is 0 Å². The Morgan fingerprint density at radius 1 is 1.25 bits per heavy atom. The molecule has 0 N–H and O–H groups in total. The lowest BCUT2D eigenvalue weighted by Gasteiger charge is -2.08. The lowest BCUT2D eigenvalue weighted by Crippen LogP contribution is -2.16. The molecule has 1 saturated heterocycles. The highest BCUT2D eigenvalue weighted by Crippen LogP contribution is 2.05. The highest BCUT2D eigenvalue weighted by Gasteiger charge is 2.08. The molecule has 50 valence electrons. The Labute approximate surface area is 51.4 Å². The fourth-order valence-corrected chi connectivity index (χ4v) is 0.871. The van der Waals surface area contributed by atoms with Crippen LogP contribution in [-0.4, -0.2) is 25.3 Å². The summed E-state index contributed by atoms with van der Waals surface area (Å²) in [6, 6.07) is 0. The molecule has 8 heavy (non-hydrogen) atoms. The van der Waals surface area contributed by atoms with Crippen LogP contribution in [-0.2, 0) is 4.84 Å². The molecule has 0 atom stereocenters. The molecule has 0 amide bonds. The maximum absolute atomic E-state index is 4.94. The monoisotopic (exact) mass is 117 g/mol. The molecule has 1 aliphatic heterocycles. The molecular weight excluding hydrogens is 102 g/mol. The Balaban J connectivity index is 0.000000490. The van der Waals surface area contributed by atoms with Crippen molar-refractivity contribution in [3.05, 3.63) is 0 Å². The molecule has 0 unspecified atom stereocenters. The molecule has 1 heterocycles. The SMILES string of the molecule is C.CON1CCCC1. The maximum atomic E-state index is 4.94. The van der Waals surface area contributed by atoms with Gasteiger partial charge in [0.2, 0.25) is 0 Å². The minimum Gasteiger partial charge on any atom is -0.302 e. The quantitative estimate of drug-likeness (QED) is 0.513. The highest BCUT2D eigenvalue weighted by molar-refractivity contribution is 4.55. The van der Waals surface area contributed by atoms with Crippen molar-refractivity contribution in [3.8, 4) is 0 Å². The third kappa shape index (κ3) is 1.80. The first-order valence-electron chi connectivity index (χ1n) is 2.72. The van der Waals surface area contributed by atoms with Crippen LogP contribution in [0, 0.1) is 0 Å². The number of hydrogen-bond donors (Lipinski definition) is 0. The van der Waals surface area contributed by atoms with Gasteiger partial charge in [-0.2, -0.15) is 5.06 Å². The van der Waals surface area contributed by atoms with E-state index in [1.807, 2.05) is 5.06 Å². The predicted molar refractivity (Wildman–Crippen MR) is 34.5 cm³/mol. The smallest absolute Gasteiger partial charge is 0.0575 e. The van der Waals surface area contributed by atoms with E-state index in [1.165, 1.54) is 12.8 Å². The molecule has 0 aromatic heterocycles. The van der Waals surface area contributed by atoms with Crippen LogP contribution in [0.4, 0.5) is 0 Å². The average Bonchev–Trinajstić information content (AvgIpc) is 2.14. The summed E-state index contributed by atoms with van der Waals surface area (Å²) >= 11 is 0. The molecule has 0 aliphatic carbocycles. The van der Waals surface area contributed by atoms with Gasteiger partial charge < -0.3 is 4.84 Å². The van der Waals surface area contributed by atoms with E-state index >= 15 is 0 Å². The average molecular weight is 117 g/mol. The molecule has 0 aromatic rings. The third-order valence-electron chi connectivity index (χ3n) is 1.32. The third-order valence-corrected chi connectivity index (χ3v) is 1.32. The summed E-state index contributed by atoms with van der Waals surface area (Å²) in [7, 11) is 1.73. The van der Waals surface area contributed by atoms with Crippen molar-refractivity contribution in [2.45, 2.75) is 20.3 Å². The van der Waals surface area contributed by atoms with Crippen molar-refractivity contribution in [1.29, 1.82) is 0 Å². The van der Waals surface area contributed by atoms with Crippen LogP contribution in [0.3, 0.4) is 0 Å². The van der Waals surface area contributed by atoms with Gasteiger partial charge in [-0.25, -0.2) is 0 Å². The Morgan fingerprint density at radius 3 is 2.00 bits per heavy atom. The van der Waals surface area contributed by atoms with Gasteiger partial charge in [0.1, 0.15) is 0 Å². The molecule has 0 bridgehead atoms. The second kappa shape index (κ2) is 3.87. The normalized spacial score (nSPS) is 20.6. The number of hydroxylamine groups is 2. The molecular formula is C6H15NO. The summed E-state index contributed by atoms with van der Waals surface area (Å²) in [4.78, 5) is 4.94. The van der Waals surface area contributed by atoms with Crippen LogP contribution < -0.4 is 0 Å². The first kappa shape index (κ1) is 7.92. The summed E-state index contributed by atoms with van der Waals surface area (Å²) in [5.74, 6) is 0. The van der Waals surface area contributed by atoms with Crippen molar-refractivity contribution in [3.63, 3.8) is 0 Å². The van der Waals surface area contributed by atoms with Gasteiger partial charge in [0.15, 0.2) is 0 Å². The van der Waals surface area contributed by atoms with E-state index in [0.717, 1.165) is 13.1 Å². The molecule has 1 rings (SSSR count). The molecule has 1 aliphatic rings. The van der Waals surface area contributed by atoms with E-state index in [0.29, 0.717) is 0 Å². The Bertz CT molecular complexity index is 50.5. The Morgan fingerprint density at radius 2 is 1.75 bits per heavy atom. The zero-order valence-electron chi connectivity index (χ0n) is 4.68. The van der Waals surface area contributed by atoms with E-state index in [9.17, 15) is 0 Å². The number of rotatable bonds is 1. The number of nitrogens with zero attached hydrogens (tertiary/aromatic N) is 1. The van der Waals surface area contributed by atoms with Gasteiger partial charge in [-0.3, -0.25) is 0 Å². The van der Waals surface area contributed by atoms with Crippen molar-refractivity contribution in [2.75, 3.05) is 20.2 Å². The first-order chi connectivity index (χ1) is 3.43. The summed E-state index contributed by atoms with van der Waals surface area (Å²) < 4.78 is 0. The minimum atomic E-state index is 0. The topological polar surface area (TPSA) is 12.5 Å². The molecule has 0 aromatic carbocycles. The minimum absolute atomic E-state index is 0. The summed E-state index contributed by atoms with van der Waals surface area (Å²) in [6.45, 7) is 2.24. The first-order valence-corrected chi connectivity index (χ1v) is 2.72. The largest absolute Gasteiger partial charge is 0.302 e. The fraction of sp³-hybridized carbons (Fsp3) is 1.00. The summed E-state index contributed by atoms with van der Waals surface area (Å²) in [6.07, 6.45) is 2.60. The Kier molecular flexibility index (Phi) is 3.83. The Hall–Kier alpha value is -0.0800. The van der Waals surface area contributed by atoms with Crippen molar-refractivity contribution in [1.82, 2.24) is 5.06 Å². The van der Waals surface area contributed by atoms with Gasteiger partial charge in [0.25, 0.3) is 0 Å². The summed E-state index contributed by atoms with van der Waals surface area (Å²) in [5, 5.41) is 1.99. The van der Waals surface area contributed by atoms with Gasteiger partial charge >= 0.3 is 0 Å². The zero-order chi connectivity index (χ0) is 5.11. The van der Waals surface area contributed by atoms with E-state index < -0.39 is 0 Å². The maximum Gasteiger partial charge on any atom is 0.0575 e. The van der Waals surface area contributed by atoms with Gasteiger partial charge in [-0.15, -0.1) is 0 Å². The van der Waals surface area contributed by atoms with Crippen molar-refractivity contribution >= 4 is 0 Å². The highest BCUT2D eigenvalue weighted by atomic mass is 16.7. The number of hydrogen-bond acceptors (Lipinski definition) is 2. The van der Waals surface area contributed by atoms with Crippen LogP contribution in [0.5, 0.6) is 0 Å². The van der Waals surface area contributed by atoms with Crippen LogP contribution in [0.25, 0.3) is 0 Å². The molecule has 0 radical (unpaired) electrons. The van der Waals surface area contributed by atoms with Crippen molar-refractivity contribution in [2.24, 2.45) is 0 Å². The van der Waals surface area contributed by atoms with Gasteiger partial charge in [0, 0.05) is 13.1 Å². The van der Waals surface area contributed by atoms with Crippen LogP contribution in [0.1, 0.15) is 20.3 Å². The summed E-state index contributed by atoms with van der Waals surface area (Å²) in [5.41, 5.74) is 0. The molecule has 0 saturated carbocycles. The van der Waals surface area contributed by atoms with Crippen LogP contribution >= 0.6 is 0 Å². The molecule has 1 fully saturated rings. The molecule has 2 heteroatoms. The van der Waals surface area contributed by atoms with Crippen molar-refractivity contribution < 1.29 is 4.84 Å². The fourth-order valence-electron chi connectivity index (χ4n) is 0.871. The zero-order valence-corrected chi connectivity index (χ0v) is 4.68. The second-order valence-corrected chi connectivity index (χ2v) is 1.82. The van der Waals surface area contributed by atoms with Gasteiger partial charge in [-0.05, 0) is 12.8 Å². The van der Waals surface area contributed by atoms with E-state index in [2.05, 4.69) is 0 Å². The molecule has 0 spiro atoms. The van der Waals surface area contributed by atoms with Crippen LogP contribution in [0.2, 0.25) is 0 Å². The standard InChI is InChI=1S/C5H11NO.CH4/c1-7-6-4-2-3-5-6;/h2-5H2,1H3;1H4. The van der Waals surface area contributed by atoms with E-state index in [-0.39, 0.29) is 7.43 Å².